The molecule has 1 aliphatic rings. The van der Waals surface area contributed by atoms with Gasteiger partial charge in [0.05, 0.1) is 12.2 Å². The first-order valence-corrected chi connectivity index (χ1v) is 9.60. The molecule has 0 aromatic carbocycles. The standard InChI is InChI=1S/C20H33N3O2/c1-16(2)10-14-25-17(3)20(24)23(15-18-7-4-5-12-22-18)19-8-6-11-21-13-9-19/h4-5,7,12,16-17,19,21H,6,8-11,13-15H2,1-3H3. The van der Waals surface area contributed by atoms with Gasteiger partial charge in [-0.25, -0.2) is 0 Å². The molecular weight excluding hydrogens is 314 g/mol. The fourth-order valence-electron chi connectivity index (χ4n) is 3.15. The van der Waals surface area contributed by atoms with Crippen LogP contribution in [0.5, 0.6) is 0 Å². The Morgan fingerprint density at radius 1 is 1.32 bits per heavy atom. The van der Waals surface area contributed by atoms with Gasteiger partial charge in [-0.2, -0.15) is 0 Å². The molecule has 0 saturated carbocycles. The monoisotopic (exact) mass is 347 g/mol. The predicted octanol–water partition coefficient (Wildman–Crippen LogP) is 3.00. The summed E-state index contributed by atoms with van der Waals surface area (Å²) in [7, 11) is 0. The lowest BCUT2D eigenvalue weighted by Gasteiger charge is -2.33. The van der Waals surface area contributed by atoms with Crippen molar-refractivity contribution in [3.63, 3.8) is 0 Å². The van der Waals surface area contributed by atoms with Crippen LogP contribution in [0.25, 0.3) is 0 Å². The van der Waals surface area contributed by atoms with E-state index in [0.29, 0.717) is 19.1 Å². The summed E-state index contributed by atoms with van der Waals surface area (Å²) < 4.78 is 5.83. The molecule has 1 saturated heterocycles. The van der Waals surface area contributed by atoms with Crippen LogP contribution in [0.2, 0.25) is 0 Å². The van der Waals surface area contributed by atoms with Gasteiger partial charge in [0.25, 0.3) is 5.91 Å². The van der Waals surface area contributed by atoms with Crippen LogP contribution in [-0.2, 0) is 16.1 Å². The van der Waals surface area contributed by atoms with Crippen LogP contribution in [0.1, 0.15) is 52.1 Å². The minimum absolute atomic E-state index is 0.0845. The van der Waals surface area contributed by atoms with E-state index in [0.717, 1.165) is 44.5 Å². The smallest absolute Gasteiger partial charge is 0.252 e. The van der Waals surface area contributed by atoms with Crippen molar-refractivity contribution >= 4 is 5.91 Å². The molecule has 0 bridgehead atoms. The third kappa shape index (κ3) is 6.75. The summed E-state index contributed by atoms with van der Waals surface area (Å²) in [6.45, 7) is 9.39. The van der Waals surface area contributed by atoms with Crippen LogP contribution in [0.3, 0.4) is 0 Å². The van der Waals surface area contributed by atoms with Crippen LogP contribution in [0.4, 0.5) is 0 Å². The van der Waals surface area contributed by atoms with E-state index in [2.05, 4.69) is 24.1 Å². The number of hydrogen-bond donors (Lipinski definition) is 1. The molecule has 5 heteroatoms. The number of nitrogens with one attached hydrogen (secondary N) is 1. The van der Waals surface area contributed by atoms with Crippen molar-refractivity contribution in [1.82, 2.24) is 15.2 Å². The molecular formula is C20H33N3O2. The van der Waals surface area contributed by atoms with Gasteiger partial charge in [0.1, 0.15) is 6.10 Å². The van der Waals surface area contributed by atoms with E-state index in [9.17, 15) is 4.79 Å². The summed E-state index contributed by atoms with van der Waals surface area (Å²) in [5, 5.41) is 3.43. The summed E-state index contributed by atoms with van der Waals surface area (Å²) in [5.74, 6) is 0.668. The van der Waals surface area contributed by atoms with E-state index in [1.54, 1.807) is 6.20 Å². The minimum atomic E-state index is -0.404. The van der Waals surface area contributed by atoms with Gasteiger partial charge in [-0.3, -0.25) is 9.78 Å². The van der Waals surface area contributed by atoms with Crippen LogP contribution in [-0.4, -0.2) is 47.6 Å². The Balaban J connectivity index is 2.04. The average molecular weight is 348 g/mol. The third-order valence-corrected chi connectivity index (χ3v) is 4.74. The molecule has 2 unspecified atom stereocenters. The number of carbonyl (C=O) groups excluding carboxylic acids is 1. The Bertz CT molecular complexity index is 499. The second-order valence-corrected chi connectivity index (χ2v) is 7.32. The molecule has 0 spiro atoms. The SMILES string of the molecule is CC(C)CCOC(C)C(=O)N(Cc1ccccn1)C1CCCNCC1. The topological polar surface area (TPSA) is 54.5 Å². The summed E-state index contributed by atoms with van der Waals surface area (Å²) in [4.78, 5) is 19.5. The van der Waals surface area contributed by atoms with Crippen molar-refractivity contribution in [1.29, 1.82) is 0 Å². The van der Waals surface area contributed by atoms with Crippen LogP contribution >= 0.6 is 0 Å². The number of ether oxygens (including phenoxy) is 1. The number of nitrogens with zero attached hydrogens (tertiary/aromatic N) is 2. The molecule has 140 valence electrons. The highest BCUT2D eigenvalue weighted by atomic mass is 16.5. The first-order valence-electron chi connectivity index (χ1n) is 9.60. The number of amides is 1. The van der Waals surface area contributed by atoms with Crippen molar-refractivity contribution in [2.45, 2.75) is 65.1 Å². The number of hydrogen-bond acceptors (Lipinski definition) is 4. The zero-order valence-electron chi connectivity index (χ0n) is 15.9. The van der Waals surface area contributed by atoms with Gasteiger partial charge in [0, 0.05) is 18.8 Å². The fourth-order valence-corrected chi connectivity index (χ4v) is 3.15. The van der Waals surface area contributed by atoms with Crippen LogP contribution < -0.4 is 5.32 Å². The second kappa shape index (κ2) is 10.5. The molecule has 1 aliphatic heterocycles. The van der Waals surface area contributed by atoms with E-state index >= 15 is 0 Å². The van der Waals surface area contributed by atoms with Gasteiger partial charge in [-0.1, -0.05) is 19.9 Å². The second-order valence-electron chi connectivity index (χ2n) is 7.32. The highest BCUT2D eigenvalue weighted by molar-refractivity contribution is 5.80. The molecule has 2 atom stereocenters. The number of rotatable bonds is 8. The van der Waals surface area contributed by atoms with Crippen molar-refractivity contribution in [2.75, 3.05) is 19.7 Å². The quantitative estimate of drug-likeness (QED) is 0.785. The molecule has 1 amide bonds. The third-order valence-electron chi connectivity index (χ3n) is 4.74. The predicted molar refractivity (Wildman–Crippen MR) is 100 cm³/mol. The van der Waals surface area contributed by atoms with Gasteiger partial charge >= 0.3 is 0 Å². The van der Waals surface area contributed by atoms with E-state index in [1.165, 1.54) is 0 Å². The molecule has 1 aromatic rings. The van der Waals surface area contributed by atoms with E-state index in [4.69, 9.17) is 4.74 Å². The van der Waals surface area contributed by atoms with Crippen molar-refractivity contribution < 1.29 is 9.53 Å². The molecule has 1 aromatic heterocycles. The number of pyridine rings is 1. The Morgan fingerprint density at radius 3 is 2.88 bits per heavy atom. The van der Waals surface area contributed by atoms with Crippen molar-refractivity contribution in [2.24, 2.45) is 5.92 Å². The first kappa shape index (κ1) is 19.9. The summed E-state index contributed by atoms with van der Waals surface area (Å²) in [5.41, 5.74) is 0.933. The highest BCUT2D eigenvalue weighted by Crippen LogP contribution is 2.18. The fraction of sp³-hybridized carbons (Fsp3) is 0.700. The summed E-state index contributed by atoms with van der Waals surface area (Å²) in [6, 6.07) is 6.12. The zero-order chi connectivity index (χ0) is 18.1. The summed E-state index contributed by atoms with van der Waals surface area (Å²) >= 11 is 0. The van der Waals surface area contributed by atoms with Crippen molar-refractivity contribution in [3.05, 3.63) is 30.1 Å². The lowest BCUT2D eigenvalue weighted by molar-refractivity contribution is -0.146. The number of carbonyl (C=O) groups is 1. The van der Waals surface area contributed by atoms with E-state index in [1.807, 2.05) is 30.0 Å². The molecule has 1 N–H and O–H groups in total. The molecule has 5 nitrogen and oxygen atoms in total. The van der Waals surface area contributed by atoms with Crippen LogP contribution in [0.15, 0.2) is 24.4 Å². The van der Waals surface area contributed by atoms with E-state index in [-0.39, 0.29) is 11.9 Å². The number of aromatic nitrogens is 1. The van der Waals surface area contributed by atoms with Gasteiger partial charge in [-0.05, 0) is 63.7 Å². The van der Waals surface area contributed by atoms with Gasteiger partial charge < -0.3 is 15.0 Å². The largest absolute Gasteiger partial charge is 0.369 e. The average Bonchev–Trinajstić information content (AvgIpc) is 2.89. The molecule has 1 fully saturated rings. The molecule has 2 heterocycles. The van der Waals surface area contributed by atoms with E-state index < -0.39 is 6.10 Å². The normalized spacial score (nSPS) is 19.4. The maximum absolute atomic E-state index is 13.1. The molecule has 2 rings (SSSR count). The Labute approximate surface area is 152 Å². The molecule has 25 heavy (non-hydrogen) atoms. The lowest BCUT2D eigenvalue weighted by Crippen LogP contribution is -2.45. The van der Waals surface area contributed by atoms with Gasteiger partial charge in [-0.15, -0.1) is 0 Å². The maximum Gasteiger partial charge on any atom is 0.252 e. The maximum atomic E-state index is 13.1. The lowest BCUT2D eigenvalue weighted by atomic mass is 10.1. The molecule has 0 aliphatic carbocycles. The minimum Gasteiger partial charge on any atom is -0.369 e. The first-order chi connectivity index (χ1) is 12.1. The Kier molecular flexibility index (Phi) is 8.35. The Hall–Kier alpha value is -1.46. The zero-order valence-corrected chi connectivity index (χ0v) is 15.9. The van der Waals surface area contributed by atoms with Crippen LogP contribution in [0, 0.1) is 5.92 Å². The van der Waals surface area contributed by atoms with Crippen molar-refractivity contribution in [3.8, 4) is 0 Å². The summed E-state index contributed by atoms with van der Waals surface area (Å²) in [6.07, 6.45) is 5.47. The van der Waals surface area contributed by atoms with Gasteiger partial charge in [0.15, 0.2) is 0 Å². The molecule has 0 radical (unpaired) electrons. The highest BCUT2D eigenvalue weighted by Gasteiger charge is 2.28. The Morgan fingerprint density at radius 2 is 2.16 bits per heavy atom. The van der Waals surface area contributed by atoms with Gasteiger partial charge in [0.2, 0.25) is 0 Å².